The molecule has 1 aliphatic rings. The van der Waals surface area contributed by atoms with Gasteiger partial charge in [-0.25, -0.2) is 0 Å². The van der Waals surface area contributed by atoms with Gasteiger partial charge in [0.25, 0.3) is 0 Å². The maximum Gasteiger partial charge on any atom is 0.222 e. The van der Waals surface area contributed by atoms with Crippen LogP contribution in [0.3, 0.4) is 0 Å². The molecule has 1 saturated heterocycles. The Bertz CT molecular complexity index is 258. The molecule has 0 spiro atoms. The molecule has 18 heavy (non-hydrogen) atoms. The number of hydrogen-bond donors (Lipinski definition) is 2. The molecule has 4 nitrogen and oxygen atoms in total. The van der Waals surface area contributed by atoms with E-state index in [2.05, 4.69) is 13.8 Å². The molecule has 0 aliphatic carbocycles. The first-order chi connectivity index (χ1) is 8.63. The van der Waals surface area contributed by atoms with Crippen molar-refractivity contribution < 1.29 is 9.90 Å². The highest BCUT2D eigenvalue weighted by atomic mass is 16.3. The van der Waals surface area contributed by atoms with E-state index >= 15 is 0 Å². The van der Waals surface area contributed by atoms with Crippen LogP contribution in [0.15, 0.2) is 0 Å². The fraction of sp³-hybridized carbons (Fsp3) is 0.929. The molecule has 1 amide bonds. The molecule has 4 heteroatoms. The Balaban J connectivity index is 2.40. The molecule has 1 fully saturated rings. The summed E-state index contributed by atoms with van der Waals surface area (Å²) in [6.07, 6.45) is 4.63. The first kappa shape index (κ1) is 15.4. The van der Waals surface area contributed by atoms with Crippen molar-refractivity contribution in [2.75, 3.05) is 19.7 Å². The molecule has 0 aromatic heterocycles. The molecule has 3 N–H and O–H groups in total. The SMILES string of the molecule is CCC(CCN)CCC(=O)N1CCC(C)C1CO. The molecule has 1 aliphatic heterocycles. The van der Waals surface area contributed by atoms with E-state index in [1.54, 1.807) is 0 Å². The van der Waals surface area contributed by atoms with E-state index in [4.69, 9.17) is 5.73 Å². The smallest absolute Gasteiger partial charge is 0.222 e. The predicted octanol–water partition coefficient (Wildman–Crippen LogP) is 1.37. The molecular weight excluding hydrogens is 228 g/mol. The van der Waals surface area contributed by atoms with Crippen LogP contribution in [0, 0.1) is 11.8 Å². The number of carbonyl (C=O) groups is 1. The number of rotatable bonds is 7. The van der Waals surface area contributed by atoms with Crippen LogP contribution in [0.5, 0.6) is 0 Å². The molecule has 3 atom stereocenters. The molecule has 106 valence electrons. The predicted molar refractivity (Wildman–Crippen MR) is 73.1 cm³/mol. The molecule has 0 saturated carbocycles. The maximum absolute atomic E-state index is 12.2. The summed E-state index contributed by atoms with van der Waals surface area (Å²) in [4.78, 5) is 14.0. The number of carbonyl (C=O) groups excluding carboxylic acids is 1. The molecule has 0 radical (unpaired) electrons. The highest BCUT2D eigenvalue weighted by molar-refractivity contribution is 5.76. The van der Waals surface area contributed by atoms with E-state index in [0.29, 0.717) is 24.8 Å². The molecular formula is C14H28N2O2. The summed E-state index contributed by atoms with van der Waals surface area (Å²) < 4.78 is 0. The second-order valence-electron chi connectivity index (χ2n) is 5.49. The van der Waals surface area contributed by atoms with Crippen LogP contribution in [0.2, 0.25) is 0 Å². The van der Waals surface area contributed by atoms with Crippen molar-refractivity contribution in [2.24, 2.45) is 17.6 Å². The van der Waals surface area contributed by atoms with Crippen LogP contribution < -0.4 is 5.73 Å². The van der Waals surface area contributed by atoms with Crippen molar-refractivity contribution in [2.45, 2.75) is 52.0 Å². The van der Waals surface area contributed by atoms with Crippen molar-refractivity contribution in [1.82, 2.24) is 4.90 Å². The zero-order valence-corrected chi connectivity index (χ0v) is 11.8. The van der Waals surface area contributed by atoms with Crippen molar-refractivity contribution >= 4 is 5.91 Å². The second kappa shape index (κ2) is 7.74. The van der Waals surface area contributed by atoms with Gasteiger partial charge in [-0.15, -0.1) is 0 Å². The summed E-state index contributed by atoms with van der Waals surface area (Å²) in [7, 11) is 0. The zero-order valence-electron chi connectivity index (χ0n) is 11.8. The van der Waals surface area contributed by atoms with Gasteiger partial charge in [0, 0.05) is 13.0 Å². The van der Waals surface area contributed by atoms with Crippen molar-refractivity contribution in [3.05, 3.63) is 0 Å². The average Bonchev–Trinajstić information content (AvgIpc) is 2.75. The minimum absolute atomic E-state index is 0.0343. The summed E-state index contributed by atoms with van der Waals surface area (Å²) >= 11 is 0. The number of aliphatic hydroxyl groups is 1. The Hall–Kier alpha value is -0.610. The Morgan fingerprint density at radius 3 is 2.78 bits per heavy atom. The summed E-state index contributed by atoms with van der Waals surface area (Å²) in [5.41, 5.74) is 5.57. The van der Waals surface area contributed by atoms with Crippen LogP contribution >= 0.6 is 0 Å². The number of likely N-dealkylation sites (tertiary alicyclic amines) is 1. The molecule has 3 unspecified atom stereocenters. The van der Waals surface area contributed by atoms with Gasteiger partial charge in [-0.2, -0.15) is 0 Å². The Labute approximate surface area is 111 Å². The molecule has 1 rings (SSSR count). The summed E-state index contributed by atoms with van der Waals surface area (Å²) in [6.45, 7) is 5.86. The fourth-order valence-electron chi connectivity index (χ4n) is 2.86. The standard InChI is InChI=1S/C14H28N2O2/c1-3-12(6-8-15)4-5-14(18)16-9-7-11(2)13(16)10-17/h11-13,17H,3-10,15H2,1-2H3. The summed E-state index contributed by atoms with van der Waals surface area (Å²) in [5, 5.41) is 9.35. The topological polar surface area (TPSA) is 66.6 Å². The van der Waals surface area contributed by atoms with Gasteiger partial charge in [-0.1, -0.05) is 20.3 Å². The maximum atomic E-state index is 12.2. The van der Waals surface area contributed by atoms with E-state index < -0.39 is 0 Å². The molecule has 1 heterocycles. The van der Waals surface area contributed by atoms with Gasteiger partial charge in [0.15, 0.2) is 0 Å². The molecule has 0 aromatic rings. The third-order valence-electron chi connectivity index (χ3n) is 4.31. The number of aliphatic hydroxyl groups excluding tert-OH is 1. The normalized spacial score (nSPS) is 25.4. The highest BCUT2D eigenvalue weighted by Crippen LogP contribution is 2.25. The van der Waals surface area contributed by atoms with Crippen molar-refractivity contribution in [3.8, 4) is 0 Å². The van der Waals surface area contributed by atoms with Crippen LogP contribution in [0.4, 0.5) is 0 Å². The second-order valence-corrected chi connectivity index (χ2v) is 5.49. The van der Waals surface area contributed by atoms with Crippen molar-refractivity contribution in [1.29, 1.82) is 0 Å². The van der Waals surface area contributed by atoms with E-state index in [0.717, 1.165) is 32.2 Å². The van der Waals surface area contributed by atoms with Crippen LogP contribution in [0.25, 0.3) is 0 Å². The van der Waals surface area contributed by atoms with E-state index in [-0.39, 0.29) is 18.6 Å². The van der Waals surface area contributed by atoms with Crippen LogP contribution in [-0.2, 0) is 4.79 Å². The number of nitrogens with two attached hydrogens (primary N) is 1. The quantitative estimate of drug-likeness (QED) is 0.723. The average molecular weight is 256 g/mol. The van der Waals surface area contributed by atoms with Crippen molar-refractivity contribution in [3.63, 3.8) is 0 Å². The number of hydrogen-bond acceptors (Lipinski definition) is 3. The molecule has 0 bridgehead atoms. The monoisotopic (exact) mass is 256 g/mol. The fourth-order valence-corrected chi connectivity index (χ4v) is 2.86. The largest absolute Gasteiger partial charge is 0.394 e. The van der Waals surface area contributed by atoms with Gasteiger partial charge in [0.05, 0.1) is 12.6 Å². The van der Waals surface area contributed by atoms with Gasteiger partial charge >= 0.3 is 0 Å². The Morgan fingerprint density at radius 2 is 2.22 bits per heavy atom. The first-order valence-corrected chi connectivity index (χ1v) is 7.24. The first-order valence-electron chi connectivity index (χ1n) is 7.24. The molecule has 0 aromatic carbocycles. The lowest BCUT2D eigenvalue weighted by Gasteiger charge is -2.26. The van der Waals surface area contributed by atoms with Gasteiger partial charge in [-0.3, -0.25) is 4.79 Å². The lowest BCUT2D eigenvalue weighted by Crippen LogP contribution is -2.39. The van der Waals surface area contributed by atoms with E-state index in [1.807, 2.05) is 4.90 Å². The minimum atomic E-state index is 0.0343. The third kappa shape index (κ3) is 3.95. The van der Waals surface area contributed by atoms with E-state index in [9.17, 15) is 9.90 Å². The van der Waals surface area contributed by atoms with Crippen LogP contribution in [-0.4, -0.2) is 41.7 Å². The van der Waals surface area contributed by atoms with Crippen LogP contribution in [0.1, 0.15) is 46.0 Å². The van der Waals surface area contributed by atoms with Gasteiger partial charge in [0.1, 0.15) is 0 Å². The van der Waals surface area contributed by atoms with E-state index in [1.165, 1.54) is 0 Å². The number of nitrogens with zero attached hydrogens (tertiary/aromatic N) is 1. The summed E-state index contributed by atoms with van der Waals surface area (Å²) in [5.74, 6) is 1.19. The lowest BCUT2D eigenvalue weighted by molar-refractivity contribution is -0.133. The van der Waals surface area contributed by atoms with Gasteiger partial charge < -0.3 is 15.7 Å². The number of amides is 1. The zero-order chi connectivity index (χ0) is 13.5. The lowest BCUT2D eigenvalue weighted by atomic mass is 9.96. The van der Waals surface area contributed by atoms with Gasteiger partial charge in [0.2, 0.25) is 5.91 Å². The summed E-state index contributed by atoms with van der Waals surface area (Å²) in [6, 6.07) is 0.0343. The highest BCUT2D eigenvalue weighted by Gasteiger charge is 2.33. The Morgan fingerprint density at radius 1 is 1.50 bits per heavy atom. The minimum Gasteiger partial charge on any atom is -0.394 e. The third-order valence-corrected chi connectivity index (χ3v) is 4.31. The Kier molecular flexibility index (Phi) is 6.65. The van der Waals surface area contributed by atoms with Gasteiger partial charge in [-0.05, 0) is 37.6 Å².